The van der Waals surface area contributed by atoms with Crippen LogP contribution in [-0.4, -0.2) is 54.1 Å². The Hall–Kier alpha value is -3.78. The number of H-pyrrole nitrogens is 1. The second-order valence-electron chi connectivity index (χ2n) is 7.51. The number of rotatable bonds is 8. The van der Waals surface area contributed by atoms with Crippen molar-refractivity contribution in [3.8, 4) is 17.0 Å². The molecule has 2 aromatic heterocycles. The van der Waals surface area contributed by atoms with Gasteiger partial charge in [0.1, 0.15) is 5.75 Å². The number of ether oxygens (including phenoxy) is 1. The molecule has 8 heteroatoms. The lowest BCUT2D eigenvalue weighted by Crippen LogP contribution is -2.21. The number of likely N-dealkylation sites (N-methyl/N-ethyl adjacent to an activating group) is 1. The second kappa shape index (κ2) is 8.93. The van der Waals surface area contributed by atoms with Gasteiger partial charge in [0.2, 0.25) is 5.95 Å². The van der Waals surface area contributed by atoms with Crippen LogP contribution in [0.1, 0.15) is 0 Å². The molecular formula is C23H27N7O. The molecule has 0 bridgehead atoms. The summed E-state index contributed by atoms with van der Waals surface area (Å²) in [6.07, 6.45) is 3.70. The van der Waals surface area contributed by atoms with Crippen molar-refractivity contribution in [2.24, 2.45) is 0 Å². The quantitative estimate of drug-likeness (QED) is 0.322. The first kappa shape index (κ1) is 20.5. The van der Waals surface area contributed by atoms with Crippen LogP contribution < -0.4 is 21.1 Å². The molecule has 0 fully saturated rings. The molecule has 160 valence electrons. The highest BCUT2D eigenvalue weighted by molar-refractivity contribution is 5.94. The van der Waals surface area contributed by atoms with Gasteiger partial charge in [-0.05, 0) is 32.3 Å². The summed E-state index contributed by atoms with van der Waals surface area (Å²) >= 11 is 0. The molecule has 0 amide bonds. The van der Waals surface area contributed by atoms with Gasteiger partial charge < -0.3 is 31.0 Å². The number of benzene rings is 2. The number of methoxy groups -OCH3 is 1. The Morgan fingerprint density at radius 1 is 1.13 bits per heavy atom. The molecule has 0 saturated heterocycles. The molecule has 4 aromatic rings. The molecule has 2 heterocycles. The van der Waals surface area contributed by atoms with Crippen molar-refractivity contribution in [3.05, 3.63) is 54.9 Å². The lowest BCUT2D eigenvalue weighted by atomic mass is 10.1. The van der Waals surface area contributed by atoms with E-state index in [0.29, 0.717) is 23.1 Å². The third-order valence-corrected chi connectivity index (χ3v) is 5.01. The Bertz CT molecular complexity index is 1190. The highest BCUT2D eigenvalue weighted by Crippen LogP contribution is 2.35. The molecule has 2 aromatic carbocycles. The Morgan fingerprint density at radius 2 is 1.97 bits per heavy atom. The van der Waals surface area contributed by atoms with Crippen LogP contribution in [0.25, 0.3) is 22.2 Å². The van der Waals surface area contributed by atoms with Gasteiger partial charge in [0, 0.05) is 48.0 Å². The number of aromatic nitrogens is 3. The lowest BCUT2D eigenvalue weighted by molar-refractivity contribution is 0.416. The van der Waals surface area contributed by atoms with E-state index in [2.05, 4.69) is 31.6 Å². The Balaban J connectivity index is 1.59. The van der Waals surface area contributed by atoms with Crippen molar-refractivity contribution < 1.29 is 4.74 Å². The Kier molecular flexibility index (Phi) is 5.90. The van der Waals surface area contributed by atoms with Crippen molar-refractivity contribution >= 4 is 33.9 Å². The number of nitrogens with one attached hydrogen (secondary N) is 3. The molecule has 0 aliphatic rings. The molecule has 0 aliphatic heterocycles. The molecule has 0 atom stereocenters. The van der Waals surface area contributed by atoms with Crippen molar-refractivity contribution in [3.63, 3.8) is 0 Å². The fourth-order valence-corrected chi connectivity index (χ4v) is 3.40. The Labute approximate surface area is 181 Å². The zero-order chi connectivity index (χ0) is 21.8. The van der Waals surface area contributed by atoms with E-state index in [1.807, 2.05) is 56.7 Å². The molecule has 31 heavy (non-hydrogen) atoms. The van der Waals surface area contributed by atoms with Crippen LogP contribution in [0.2, 0.25) is 0 Å². The Morgan fingerprint density at radius 3 is 2.77 bits per heavy atom. The van der Waals surface area contributed by atoms with Crippen LogP contribution >= 0.6 is 0 Å². The fourth-order valence-electron chi connectivity index (χ4n) is 3.40. The standard InChI is InChI=1S/C23H27N7O/c1-30(2)11-10-25-20-13-22(31-3)21(12-17(20)24)29-23-26-9-8-19(28-23)16-14-27-18-7-5-4-6-15(16)18/h4-9,12-14,25,27H,10-11,24H2,1-3H3,(H,26,28,29). The van der Waals surface area contributed by atoms with Gasteiger partial charge in [-0.2, -0.15) is 0 Å². The van der Waals surface area contributed by atoms with Gasteiger partial charge in [0.15, 0.2) is 0 Å². The van der Waals surface area contributed by atoms with Gasteiger partial charge in [0.25, 0.3) is 0 Å². The second-order valence-corrected chi connectivity index (χ2v) is 7.51. The highest BCUT2D eigenvalue weighted by atomic mass is 16.5. The minimum atomic E-state index is 0.466. The zero-order valence-corrected chi connectivity index (χ0v) is 17.9. The van der Waals surface area contributed by atoms with Gasteiger partial charge in [-0.25, -0.2) is 9.97 Å². The summed E-state index contributed by atoms with van der Waals surface area (Å²) in [5.74, 6) is 1.12. The molecule has 0 spiro atoms. The third kappa shape index (κ3) is 4.54. The van der Waals surface area contributed by atoms with Crippen molar-refractivity contribution in [1.29, 1.82) is 0 Å². The predicted octanol–water partition coefficient (Wildman–Crippen LogP) is 3.93. The minimum absolute atomic E-state index is 0.466. The first-order chi connectivity index (χ1) is 15.0. The smallest absolute Gasteiger partial charge is 0.227 e. The first-order valence-corrected chi connectivity index (χ1v) is 10.1. The summed E-state index contributed by atoms with van der Waals surface area (Å²) in [5.41, 5.74) is 11.3. The number of nitrogens with zero attached hydrogens (tertiary/aromatic N) is 3. The van der Waals surface area contributed by atoms with E-state index in [0.717, 1.165) is 40.9 Å². The van der Waals surface area contributed by atoms with Gasteiger partial charge >= 0.3 is 0 Å². The molecule has 0 saturated carbocycles. The molecular weight excluding hydrogens is 390 g/mol. The number of nitrogens with two attached hydrogens (primary N) is 1. The monoisotopic (exact) mass is 417 g/mol. The largest absolute Gasteiger partial charge is 0.494 e. The topological polar surface area (TPSA) is 104 Å². The molecule has 0 aliphatic carbocycles. The van der Waals surface area contributed by atoms with Crippen LogP contribution in [0.15, 0.2) is 54.9 Å². The van der Waals surface area contributed by atoms with E-state index in [4.69, 9.17) is 15.5 Å². The van der Waals surface area contributed by atoms with E-state index in [1.54, 1.807) is 13.3 Å². The molecule has 0 unspecified atom stereocenters. The minimum Gasteiger partial charge on any atom is -0.494 e. The first-order valence-electron chi connectivity index (χ1n) is 10.1. The molecule has 5 N–H and O–H groups in total. The zero-order valence-electron chi connectivity index (χ0n) is 17.9. The maximum absolute atomic E-state index is 6.27. The summed E-state index contributed by atoms with van der Waals surface area (Å²) in [6, 6.07) is 13.7. The van der Waals surface area contributed by atoms with Gasteiger partial charge in [-0.15, -0.1) is 0 Å². The average Bonchev–Trinajstić information content (AvgIpc) is 3.19. The summed E-state index contributed by atoms with van der Waals surface area (Å²) in [4.78, 5) is 14.5. The van der Waals surface area contributed by atoms with Crippen molar-refractivity contribution in [1.82, 2.24) is 19.9 Å². The van der Waals surface area contributed by atoms with Gasteiger partial charge in [-0.1, -0.05) is 18.2 Å². The number of aromatic amines is 1. The number of nitrogen functional groups attached to an aromatic ring is 1. The van der Waals surface area contributed by atoms with Gasteiger partial charge in [0.05, 0.1) is 29.9 Å². The fraction of sp³-hybridized carbons (Fsp3) is 0.217. The molecule has 8 nitrogen and oxygen atoms in total. The normalized spacial score (nSPS) is 11.1. The highest BCUT2D eigenvalue weighted by Gasteiger charge is 2.12. The SMILES string of the molecule is COc1cc(NCCN(C)C)c(N)cc1Nc1nccc(-c2c[nH]c3ccccc23)n1. The van der Waals surface area contributed by atoms with Crippen molar-refractivity contribution in [2.75, 3.05) is 50.7 Å². The third-order valence-electron chi connectivity index (χ3n) is 5.01. The summed E-state index contributed by atoms with van der Waals surface area (Å²) in [7, 11) is 5.69. The maximum atomic E-state index is 6.27. The van der Waals surface area contributed by atoms with Crippen LogP contribution in [0.4, 0.5) is 23.0 Å². The van der Waals surface area contributed by atoms with E-state index >= 15 is 0 Å². The predicted molar refractivity (Wildman–Crippen MR) is 127 cm³/mol. The number of anilines is 4. The lowest BCUT2D eigenvalue weighted by Gasteiger charge is -2.17. The number of hydrogen-bond donors (Lipinski definition) is 4. The van der Waals surface area contributed by atoms with E-state index in [1.165, 1.54) is 0 Å². The summed E-state index contributed by atoms with van der Waals surface area (Å²) in [6.45, 7) is 1.68. The number of para-hydroxylation sites is 1. The van der Waals surface area contributed by atoms with Crippen LogP contribution in [0, 0.1) is 0 Å². The number of fused-ring (bicyclic) bond motifs is 1. The molecule has 4 rings (SSSR count). The van der Waals surface area contributed by atoms with Crippen LogP contribution in [0.3, 0.4) is 0 Å². The van der Waals surface area contributed by atoms with Crippen LogP contribution in [-0.2, 0) is 0 Å². The van der Waals surface area contributed by atoms with Gasteiger partial charge in [-0.3, -0.25) is 0 Å². The maximum Gasteiger partial charge on any atom is 0.227 e. The average molecular weight is 418 g/mol. The molecule has 0 radical (unpaired) electrons. The van der Waals surface area contributed by atoms with Crippen LogP contribution in [0.5, 0.6) is 5.75 Å². The summed E-state index contributed by atoms with van der Waals surface area (Å²) < 4.78 is 5.57. The van der Waals surface area contributed by atoms with E-state index < -0.39 is 0 Å². The van der Waals surface area contributed by atoms with E-state index in [-0.39, 0.29) is 0 Å². The number of hydrogen-bond acceptors (Lipinski definition) is 7. The van der Waals surface area contributed by atoms with Crippen molar-refractivity contribution in [2.45, 2.75) is 0 Å². The summed E-state index contributed by atoms with van der Waals surface area (Å²) in [5, 5.41) is 7.70. The van der Waals surface area contributed by atoms with E-state index in [9.17, 15) is 0 Å².